The molecule has 0 saturated heterocycles. The fourth-order valence-electron chi connectivity index (χ4n) is 4.29. The van der Waals surface area contributed by atoms with Gasteiger partial charge in [0.15, 0.2) is 5.82 Å². The number of carbonyl (C=O) groups excluding carboxylic acids is 1. The summed E-state index contributed by atoms with van der Waals surface area (Å²) in [7, 11) is 0. The van der Waals surface area contributed by atoms with E-state index in [4.69, 9.17) is 5.73 Å². The third-order valence-corrected chi connectivity index (χ3v) is 6.54. The second kappa shape index (κ2) is 9.44. The lowest BCUT2D eigenvalue weighted by molar-refractivity contribution is -0.121. The summed E-state index contributed by atoms with van der Waals surface area (Å²) >= 11 is 0. The first kappa shape index (κ1) is 22.5. The van der Waals surface area contributed by atoms with Crippen molar-refractivity contribution in [2.24, 2.45) is 0 Å². The zero-order chi connectivity index (χ0) is 23.4. The minimum atomic E-state index is -0.294. The van der Waals surface area contributed by atoms with Gasteiger partial charge < -0.3 is 16.4 Å². The van der Waals surface area contributed by atoms with E-state index in [1.165, 1.54) is 16.6 Å². The predicted molar refractivity (Wildman–Crippen MR) is 129 cm³/mol. The van der Waals surface area contributed by atoms with Crippen LogP contribution >= 0.6 is 0 Å². The second-order valence-corrected chi connectivity index (χ2v) is 8.75. The second-order valence-electron chi connectivity index (χ2n) is 8.75. The van der Waals surface area contributed by atoms with Crippen LogP contribution in [0.2, 0.25) is 0 Å². The number of nitrogen functional groups attached to an aromatic ring is 1. The van der Waals surface area contributed by atoms with E-state index >= 15 is 0 Å². The van der Waals surface area contributed by atoms with E-state index in [0.29, 0.717) is 24.6 Å². The van der Waals surface area contributed by atoms with Gasteiger partial charge in [0.05, 0.1) is 0 Å². The summed E-state index contributed by atoms with van der Waals surface area (Å²) in [6.07, 6.45) is 4.95. The summed E-state index contributed by atoms with van der Waals surface area (Å²) in [5, 5.41) is 6.13. The van der Waals surface area contributed by atoms with E-state index in [1.807, 2.05) is 31.2 Å². The van der Waals surface area contributed by atoms with Crippen molar-refractivity contribution in [1.29, 1.82) is 0 Å². The molecule has 4 rings (SSSR count). The molecule has 0 spiro atoms. The lowest BCUT2D eigenvalue weighted by atomic mass is 9.64. The van der Waals surface area contributed by atoms with Crippen molar-refractivity contribution in [3.63, 3.8) is 0 Å². The Hall–Kier alpha value is -3.68. The average Bonchev–Trinajstić information content (AvgIpc) is 2.77. The summed E-state index contributed by atoms with van der Waals surface area (Å²) in [5.41, 5.74) is 8.97. The Bertz CT molecular complexity index is 1200. The number of aromatic nitrogens is 3. The number of nitrogens with zero attached hydrogens (tertiary/aromatic N) is 3. The maximum absolute atomic E-state index is 13.1. The molecule has 4 N–H and O–H groups in total. The summed E-state index contributed by atoms with van der Waals surface area (Å²) in [4.78, 5) is 34.2. The number of amides is 1. The highest BCUT2D eigenvalue weighted by molar-refractivity contribution is 5.75. The van der Waals surface area contributed by atoms with Crippen molar-refractivity contribution in [3.8, 4) is 0 Å². The smallest absolute Gasteiger partial charge is 0.293 e. The number of hydrogen-bond donors (Lipinski definition) is 3. The van der Waals surface area contributed by atoms with E-state index in [0.717, 1.165) is 24.1 Å². The zero-order valence-corrected chi connectivity index (χ0v) is 19.1. The molecule has 1 aliphatic rings. The van der Waals surface area contributed by atoms with E-state index in [-0.39, 0.29) is 29.2 Å². The van der Waals surface area contributed by atoms with Crippen molar-refractivity contribution < 1.29 is 4.79 Å². The quantitative estimate of drug-likeness (QED) is 0.490. The van der Waals surface area contributed by atoms with Gasteiger partial charge >= 0.3 is 0 Å². The first-order valence-corrected chi connectivity index (χ1v) is 11.2. The lowest BCUT2D eigenvalue weighted by Gasteiger charge is -2.42. The molecule has 1 fully saturated rings. The van der Waals surface area contributed by atoms with Gasteiger partial charge in [0, 0.05) is 36.1 Å². The molecular weight excluding hydrogens is 416 g/mol. The van der Waals surface area contributed by atoms with Crippen LogP contribution in [0.15, 0.2) is 53.5 Å². The molecule has 2 heterocycles. The van der Waals surface area contributed by atoms with Crippen LogP contribution in [0.25, 0.3) is 0 Å². The number of pyridine rings is 1. The lowest BCUT2D eigenvalue weighted by Crippen LogP contribution is -2.42. The Morgan fingerprint density at radius 3 is 2.58 bits per heavy atom. The van der Waals surface area contributed by atoms with Crippen LogP contribution in [-0.4, -0.2) is 27.0 Å². The molecule has 1 saturated carbocycles. The molecule has 0 aliphatic heterocycles. The molecule has 1 aliphatic carbocycles. The maximum Gasteiger partial charge on any atom is 0.293 e. The van der Waals surface area contributed by atoms with Gasteiger partial charge in [-0.15, -0.1) is 0 Å². The number of hydrogen-bond acceptors (Lipinski definition) is 6. The molecular formula is C25H30N6O2. The normalized spacial score (nSPS) is 14.4. The highest BCUT2D eigenvalue weighted by atomic mass is 16.2. The fraction of sp³-hybridized carbons (Fsp3) is 0.360. The summed E-state index contributed by atoms with van der Waals surface area (Å²) in [5.74, 6) is 0.458. The monoisotopic (exact) mass is 446 g/mol. The van der Waals surface area contributed by atoms with Gasteiger partial charge in [-0.25, -0.2) is 9.97 Å². The molecule has 172 valence electrons. The van der Waals surface area contributed by atoms with E-state index in [1.54, 1.807) is 19.2 Å². The Labute approximate surface area is 193 Å². The van der Waals surface area contributed by atoms with Crippen LogP contribution in [0.3, 0.4) is 0 Å². The SMILES string of the molecule is Cc1nc(N)ccc1CNC(=O)Cn1c(C)cnc(NCC2(c3ccccc3)CCC2)c1=O. The zero-order valence-electron chi connectivity index (χ0n) is 19.1. The van der Waals surface area contributed by atoms with Crippen LogP contribution in [0.1, 0.15) is 41.8 Å². The fourth-order valence-corrected chi connectivity index (χ4v) is 4.29. The van der Waals surface area contributed by atoms with Crippen molar-refractivity contribution >= 4 is 17.5 Å². The molecule has 0 radical (unpaired) electrons. The Morgan fingerprint density at radius 2 is 1.91 bits per heavy atom. The van der Waals surface area contributed by atoms with Crippen molar-refractivity contribution in [2.45, 2.75) is 51.6 Å². The largest absolute Gasteiger partial charge is 0.384 e. The molecule has 8 heteroatoms. The molecule has 1 aromatic carbocycles. The summed E-state index contributed by atoms with van der Waals surface area (Å²) in [6.45, 7) is 4.50. The molecule has 2 aromatic heterocycles. The van der Waals surface area contributed by atoms with Gasteiger partial charge in [0.25, 0.3) is 5.56 Å². The van der Waals surface area contributed by atoms with Gasteiger partial charge in [0.1, 0.15) is 12.4 Å². The standard InChI is InChI=1S/C25H30N6O2/c1-17-13-28-23(29-16-25(11-6-12-25)20-7-4-3-5-8-20)24(33)31(17)15-22(32)27-14-19-9-10-21(26)30-18(19)2/h3-5,7-10,13H,6,11-12,14-16H2,1-2H3,(H2,26,30)(H,27,32)(H,28,29). The number of aryl methyl sites for hydroxylation is 2. The first-order valence-electron chi connectivity index (χ1n) is 11.2. The summed E-state index contributed by atoms with van der Waals surface area (Å²) < 4.78 is 1.45. The Balaban J connectivity index is 1.43. The van der Waals surface area contributed by atoms with Crippen LogP contribution < -0.4 is 21.9 Å². The van der Waals surface area contributed by atoms with Crippen molar-refractivity contribution in [3.05, 3.63) is 81.5 Å². The van der Waals surface area contributed by atoms with Gasteiger partial charge in [-0.2, -0.15) is 0 Å². The van der Waals surface area contributed by atoms with Crippen molar-refractivity contribution in [1.82, 2.24) is 19.9 Å². The van der Waals surface area contributed by atoms with Gasteiger partial charge in [0.2, 0.25) is 5.91 Å². The van der Waals surface area contributed by atoms with Crippen LogP contribution in [0.4, 0.5) is 11.6 Å². The molecule has 0 bridgehead atoms. The number of nitrogens with two attached hydrogens (primary N) is 1. The summed E-state index contributed by atoms with van der Waals surface area (Å²) in [6, 6.07) is 13.9. The third kappa shape index (κ3) is 4.89. The topological polar surface area (TPSA) is 115 Å². The van der Waals surface area contributed by atoms with Crippen LogP contribution in [0.5, 0.6) is 0 Å². The molecule has 0 unspecified atom stereocenters. The molecule has 8 nitrogen and oxygen atoms in total. The van der Waals surface area contributed by atoms with Gasteiger partial charge in [-0.05, 0) is 43.9 Å². The first-order chi connectivity index (χ1) is 15.9. The minimum absolute atomic E-state index is 0.0213. The number of anilines is 2. The van der Waals surface area contributed by atoms with E-state index in [2.05, 4.69) is 32.7 Å². The molecule has 0 atom stereocenters. The predicted octanol–water partition coefficient (Wildman–Crippen LogP) is 2.69. The average molecular weight is 447 g/mol. The maximum atomic E-state index is 13.1. The molecule has 1 amide bonds. The third-order valence-electron chi connectivity index (χ3n) is 6.54. The molecule has 33 heavy (non-hydrogen) atoms. The van der Waals surface area contributed by atoms with Crippen LogP contribution in [0, 0.1) is 13.8 Å². The number of rotatable bonds is 8. The van der Waals surface area contributed by atoms with Crippen LogP contribution in [-0.2, 0) is 23.3 Å². The highest BCUT2D eigenvalue weighted by Crippen LogP contribution is 2.43. The number of benzene rings is 1. The highest BCUT2D eigenvalue weighted by Gasteiger charge is 2.38. The minimum Gasteiger partial charge on any atom is -0.384 e. The Morgan fingerprint density at radius 1 is 1.15 bits per heavy atom. The van der Waals surface area contributed by atoms with Crippen molar-refractivity contribution in [2.75, 3.05) is 17.6 Å². The van der Waals surface area contributed by atoms with E-state index < -0.39 is 0 Å². The van der Waals surface area contributed by atoms with E-state index in [9.17, 15) is 9.59 Å². The van der Waals surface area contributed by atoms with Gasteiger partial charge in [-0.1, -0.05) is 42.8 Å². The number of carbonyl (C=O) groups is 1. The Kier molecular flexibility index (Phi) is 6.44. The number of nitrogens with one attached hydrogen (secondary N) is 2. The molecule has 3 aromatic rings. The van der Waals surface area contributed by atoms with Gasteiger partial charge in [-0.3, -0.25) is 14.2 Å².